The van der Waals surface area contributed by atoms with E-state index in [-0.39, 0.29) is 6.04 Å². The maximum absolute atomic E-state index is 11.1. The number of carbonyl (C=O) groups is 1. The lowest BCUT2D eigenvalue weighted by Gasteiger charge is -2.33. The number of ether oxygens (including phenoxy) is 1. The largest absolute Gasteiger partial charge is 0.381 e. The van der Waals surface area contributed by atoms with Crippen LogP contribution in [0.25, 0.3) is 11.1 Å². The molecule has 2 aromatic rings. The van der Waals surface area contributed by atoms with Crippen molar-refractivity contribution in [3.63, 3.8) is 0 Å². The number of nitrogens with one attached hydrogen (secondary N) is 1. The van der Waals surface area contributed by atoms with Crippen molar-refractivity contribution in [2.45, 2.75) is 31.4 Å². The fraction of sp³-hybridized carbons (Fsp3) is 0.381. The number of hydrogen-bond acceptors (Lipinski definition) is 4. The van der Waals surface area contributed by atoms with Gasteiger partial charge in [0, 0.05) is 37.9 Å². The smallest absolute Gasteiger partial charge is 0.142 e. The summed E-state index contributed by atoms with van der Waals surface area (Å²) in [5.41, 5.74) is 5.43. The summed E-state index contributed by atoms with van der Waals surface area (Å²) in [6.45, 7) is 1.91. The molecule has 4 nitrogen and oxygen atoms in total. The Morgan fingerprint density at radius 2 is 2.04 bits per heavy atom. The van der Waals surface area contributed by atoms with Gasteiger partial charge < -0.3 is 19.7 Å². The molecule has 1 unspecified atom stereocenters. The molecule has 0 aromatic heterocycles. The molecule has 0 saturated carbocycles. The second-order valence-electron chi connectivity index (χ2n) is 7.02. The number of methoxy groups -OCH3 is 1. The van der Waals surface area contributed by atoms with Gasteiger partial charge in [-0.05, 0) is 42.2 Å². The Hall–Kier alpha value is -2.04. The van der Waals surface area contributed by atoms with E-state index >= 15 is 0 Å². The van der Waals surface area contributed by atoms with Crippen molar-refractivity contribution >= 4 is 29.3 Å². The van der Waals surface area contributed by atoms with Gasteiger partial charge in [0.1, 0.15) is 6.29 Å². The highest BCUT2D eigenvalue weighted by atomic mass is 35.5. The summed E-state index contributed by atoms with van der Waals surface area (Å²) in [6, 6.07) is 12.4. The van der Waals surface area contributed by atoms with Gasteiger partial charge in [-0.3, -0.25) is 0 Å². The predicted molar refractivity (Wildman–Crippen MR) is 106 cm³/mol. The van der Waals surface area contributed by atoms with Crippen molar-refractivity contribution in [2.75, 3.05) is 30.4 Å². The summed E-state index contributed by atoms with van der Waals surface area (Å²) in [4.78, 5) is 13.4. The van der Waals surface area contributed by atoms with Crippen molar-refractivity contribution in [1.29, 1.82) is 0 Å². The number of anilines is 2. The molecule has 0 spiro atoms. The van der Waals surface area contributed by atoms with Crippen LogP contribution in [0.5, 0.6) is 0 Å². The number of hydrogen-bond donors (Lipinski definition) is 1. The Morgan fingerprint density at radius 1 is 1.23 bits per heavy atom. The first-order valence-corrected chi connectivity index (χ1v) is 9.49. The van der Waals surface area contributed by atoms with Crippen LogP contribution in [-0.2, 0) is 16.0 Å². The third kappa shape index (κ3) is 3.19. The molecule has 2 aliphatic rings. The molecule has 2 aromatic carbocycles. The van der Waals surface area contributed by atoms with Crippen molar-refractivity contribution in [3.05, 3.63) is 47.0 Å². The van der Waals surface area contributed by atoms with E-state index in [4.69, 9.17) is 16.3 Å². The molecule has 1 N–H and O–H groups in total. The lowest BCUT2D eigenvalue weighted by molar-refractivity contribution is -0.108. The second-order valence-corrected chi connectivity index (χ2v) is 7.40. The third-order valence-electron chi connectivity index (χ3n) is 5.46. The highest BCUT2D eigenvalue weighted by Gasteiger charge is 2.23. The van der Waals surface area contributed by atoms with Crippen LogP contribution in [-0.4, -0.2) is 38.6 Å². The summed E-state index contributed by atoms with van der Waals surface area (Å²) in [7, 11) is 1.78. The molecule has 1 saturated heterocycles. The van der Waals surface area contributed by atoms with Crippen LogP contribution in [0.4, 0.5) is 11.4 Å². The van der Waals surface area contributed by atoms with Gasteiger partial charge >= 0.3 is 0 Å². The van der Waals surface area contributed by atoms with Gasteiger partial charge in [0.25, 0.3) is 0 Å². The van der Waals surface area contributed by atoms with Crippen molar-refractivity contribution in [3.8, 4) is 11.1 Å². The predicted octanol–water partition coefficient (Wildman–Crippen LogP) is 4.16. The van der Waals surface area contributed by atoms with Crippen LogP contribution < -0.4 is 10.2 Å². The Kier molecular flexibility index (Phi) is 4.88. The molecular formula is C21H23ClN2O2. The second kappa shape index (κ2) is 7.29. The van der Waals surface area contributed by atoms with E-state index < -0.39 is 0 Å². The van der Waals surface area contributed by atoms with Crippen molar-refractivity contribution in [1.82, 2.24) is 0 Å². The zero-order valence-corrected chi connectivity index (χ0v) is 15.6. The van der Waals surface area contributed by atoms with Gasteiger partial charge in [-0.15, -0.1) is 0 Å². The fourth-order valence-corrected chi connectivity index (χ4v) is 4.31. The molecule has 0 amide bonds. The van der Waals surface area contributed by atoms with Crippen LogP contribution in [0.2, 0.25) is 5.02 Å². The number of aldehydes is 1. The van der Waals surface area contributed by atoms with Gasteiger partial charge in [0.2, 0.25) is 0 Å². The monoisotopic (exact) mass is 370 g/mol. The molecule has 1 atom stereocenters. The molecule has 0 bridgehead atoms. The van der Waals surface area contributed by atoms with E-state index in [0.717, 1.165) is 66.2 Å². The number of rotatable bonds is 4. The van der Waals surface area contributed by atoms with Crippen molar-refractivity contribution in [2.24, 2.45) is 0 Å². The number of piperidine rings is 1. The van der Waals surface area contributed by atoms with Gasteiger partial charge in [0.15, 0.2) is 0 Å². The maximum atomic E-state index is 11.1. The van der Waals surface area contributed by atoms with Crippen LogP contribution in [0.1, 0.15) is 18.4 Å². The molecule has 0 radical (unpaired) electrons. The number of halogens is 1. The normalized spacial score (nSPS) is 19.9. The first-order valence-electron chi connectivity index (χ1n) is 9.11. The first-order chi connectivity index (χ1) is 12.7. The van der Waals surface area contributed by atoms with Crippen LogP contribution >= 0.6 is 11.6 Å². The van der Waals surface area contributed by atoms with E-state index in [1.807, 2.05) is 6.07 Å². The minimum atomic E-state index is -0.121. The van der Waals surface area contributed by atoms with Gasteiger partial charge in [-0.25, -0.2) is 0 Å². The summed E-state index contributed by atoms with van der Waals surface area (Å²) < 4.78 is 5.47. The summed E-state index contributed by atoms with van der Waals surface area (Å²) in [5.74, 6) is 0. The molecule has 5 heteroatoms. The lowest BCUT2D eigenvalue weighted by atomic mass is 9.99. The fourth-order valence-electron chi connectivity index (χ4n) is 3.96. The van der Waals surface area contributed by atoms with E-state index in [2.05, 4.69) is 40.5 Å². The zero-order chi connectivity index (χ0) is 18.1. The number of nitrogens with zero attached hydrogens (tertiary/aromatic N) is 1. The minimum Gasteiger partial charge on any atom is -0.381 e. The number of carbonyl (C=O) groups excluding carboxylic acids is 1. The maximum Gasteiger partial charge on any atom is 0.142 e. The van der Waals surface area contributed by atoms with Crippen LogP contribution in [0, 0.1) is 0 Å². The Labute approximate surface area is 159 Å². The Balaban J connectivity index is 1.62. The third-order valence-corrected chi connectivity index (χ3v) is 5.85. The topological polar surface area (TPSA) is 41.6 Å². The molecular weight excluding hydrogens is 348 g/mol. The summed E-state index contributed by atoms with van der Waals surface area (Å²) in [6.07, 6.45) is 4.09. The summed E-state index contributed by atoms with van der Waals surface area (Å²) in [5, 5.41) is 4.02. The minimum absolute atomic E-state index is 0.121. The molecule has 2 aliphatic heterocycles. The Morgan fingerprint density at radius 3 is 2.77 bits per heavy atom. The van der Waals surface area contributed by atoms with Crippen LogP contribution in [0.15, 0.2) is 36.4 Å². The standard InChI is InChI=1S/C21H23ClN2O2/c1-26-17-7-9-24(10-8-17)20-4-2-3-18(21(20)22)14-5-6-19-15(11-14)12-16(13-25)23-19/h2-6,11,13,16-17,23H,7-10,12H2,1H3. The quantitative estimate of drug-likeness (QED) is 0.820. The first kappa shape index (κ1) is 17.4. The van der Waals surface area contributed by atoms with E-state index in [0.29, 0.717) is 6.10 Å². The average molecular weight is 371 g/mol. The van der Waals surface area contributed by atoms with Gasteiger partial charge in [0.05, 0.1) is 22.9 Å². The molecule has 26 heavy (non-hydrogen) atoms. The molecule has 2 heterocycles. The highest BCUT2D eigenvalue weighted by molar-refractivity contribution is 6.36. The van der Waals surface area contributed by atoms with E-state index in [1.54, 1.807) is 7.11 Å². The van der Waals surface area contributed by atoms with Gasteiger partial charge in [-0.2, -0.15) is 0 Å². The lowest BCUT2D eigenvalue weighted by Crippen LogP contribution is -2.36. The van der Waals surface area contributed by atoms with E-state index in [1.165, 1.54) is 5.56 Å². The van der Waals surface area contributed by atoms with E-state index in [9.17, 15) is 4.79 Å². The molecule has 136 valence electrons. The molecule has 0 aliphatic carbocycles. The number of fused-ring (bicyclic) bond motifs is 1. The SMILES string of the molecule is COC1CCN(c2cccc(-c3ccc4c(c3)CC(C=O)N4)c2Cl)CC1. The average Bonchev–Trinajstić information content (AvgIpc) is 3.11. The molecule has 4 rings (SSSR count). The van der Waals surface area contributed by atoms with Crippen molar-refractivity contribution < 1.29 is 9.53 Å². The van der Waals surface area contributed by atoms with Crippen LogP contribution in [0.3, 0.4) is 0 Å². The number of benzene rings is 2. The summed E-state index contributed by atoms with van der Waals surface area (Å²) >= 11 is 6.81. The molecule has 1 fully saturated rings. The highest BCUT2D eigenvalue weighted by Crippen LogP contribution is 2.39. The Bertz CT molecular complexity index is 816. The van der Waals surface area contributed by atoms with Gasteiger partial charge in [-0.1, -0.05) is 29.8 Å². The zero-order valence-electron chi connectivity index (χ0n) is 14.9.